The first-order chi connectivity index (χ1) is 14.6. The first-order valence-electron chi connectivity index (χ1n) is 10.1. The van der Waals surface area contributed by atoms with E-state index >= 15 is 0 Å². The van der Waals surface area contributed by atoms with Gasteiger partial charge < -0.3 is 15.0 Å². The number of nitrogens with zero attached hydrogens (tertiary/aromatic N) is 1. The fraction of sp³-hybridized carbons (Fsp3) is 0.240. The molecule has 3 aromatic carbocycles. The van der Waals surface area contributed by atoms with Crippen molar-refractivity contribution in [2.24, 2.45) is 0 Å². The van der Waals surface area contributed by atoms with Gasteiger partial charge in [0.15, 0.2) is 0 Å². The Bertz CT molecular complexity index is 1010. The maximum atomic E-state index is 13.0. The van der Waals surface area contributed by atoms with Gasteiger partial charge in [-0.05, 0) is 54.3 Å². The molecular weight excluding hydrogens is 392 g/mol. The summed E-state index contributed by atoms with van der Waals surface area (Å²) in [7, 11) is 0. The van der Waals surface area contributed by atoms with E-state index < -0.39 is 0 Å². The molecule has 1 heterocycles. The van der Waals surface area contributed by atoms with E-state index in [2.05, 4.69) is 42.6 Å². The van der Waals surface area contributed by atoms with E-state index in [-0.39, 0.29) is 11.4 Å². The Morgan fingerprint density at radius 2 is 1.80 bits per heavy atom. The molecule has 0 aliphatic carbocycles. The van der Waals surface area contributed by atoms with E-state index in [4.69, 9.17) is 4.74 Å². The molecular formula is C25H26N2O2S. The molecule has 30 heavy (non-hydrogen) atoms. The molecule has 1 saturated heterocycles. The summed E-state index contributed by atoms with van der Waals surface area (Å²) >= 11 is 1.79. The molecule has 1 aliphatic rings. The number of thioether (sulfide) groups is 1. The molecule has 0 spiro atoms. The van der Waals surface area contributed by atoms with Crippen LogP contribution in [0, 0.1) is 13.8 Å². The van der Waals surface area contributed by atoms with Crippen LogP contribution in [-0.2, 0) is 6.61 Å². The highest BCUT2D eigenvalue weighted by Gasteiger charge is 2.31. The average Bonchev–Trinajstić information content (AvgIpc) is 3.27. The van der Waals surface area contributed by atoms with Crippen LogP contribution < -0.4 is 10.1 Å². The fourth-order valence-electron chi connectivity index (χ4n) is 3.50. The summed E-state index contributed by atoms with van der Waals surface area (Å²) in [6.07, 6.45) is 0. The Labute approximate surface area is 182 Å². The lowest BCUT2D eigenvalue weighted by molar-refractivity contribution is 0.214. The Hall–Kier alpha value is -2.92. The molecule has 1 aliphatic heterocycles. The number of carbonyl (C=O) groups is 1. The van der Waals surface area contributed by atoms with Crippen molar-refractivity contribution in [3.05, 3.63) is 95.1 Å². The SMILES string of the molecule is Cc1cccc(NC(=O)N2CCS[C@H]2c2ccc(OCc3ccccc3)cc2)c1C. The summed E-state index contributed by atoms with van der Waals surface area (Å²) in [6, 6.07) is 24.1. The highest BCUT2D eigenvalue weighted by molar-refractivity contribution is 7.99. The molecule has 0 bridgehead atoms. The maximum Gasteiger partial charge on any atom is 0.323 e. The van der Waals surface area contributed by atoms with Crippen molar-refractivity contribution in [2.75, 3.05) is 17.6 Å². The number of carbonyl (C=O) groups excluding carboxylic acids is 1. The molecule has 3 aromatic rings. The van der Waals surface area contributed by atoms with Crippen molar-refractivity contribution < 1.29 is 9.53 Å². The molecule has 4 nitrogen and oxygen atoms in total. The number of aryl methyl sites for hydroxylation is 1. The van der Waals surface area contributed by atoms with Crippen LogP contribution in [0.15, 0.2) is 72.8 Å². The fourth-order valence-corrected chi connectivity index (χ4v) is 4.75. The van der Waals surface area contributed by atoms with Crippen LogP contribution in [-0.4, -0.2) is 23.2 Å². The van der Waals surface area contributed by atoms with Crippen molar-refractivity contribution in [1.82, 2.24) is 4.90 Å². The van der Waals surface area contributed by atoms with Gasteiger partial charge in [-0.25, -0.2) is 4.79 Å². The lowest BCUT2D eigenvalue weighted by Crippen LogP contribution is -2.34. The molecule has 0 aromatic heterocycles. The number of hydrogen-bond acceptors (Lipinski definition) is 3. The Morgan fingerprint density at radius 3 is 2.57 bits per heavy atom. The van der Waals surface area contributed by atoms with Gasteiger partial charge in [-0.3, -0.25) is 0 Å². The van der Waals surface area contributed by atoms with Gasteiger partial charge in [0.25, 0.3) is 0 Å². The number of nitrogens with one attached hydrogen (secondary N) is 1. The minimum absolute atomic E-state index is 0.0123. The van der Waals surface area contributed by atoms with Gasteiger partial charge in [-0.15, -0.1) is 11.8 Å². The smallest absolute Gasteiger partial charge is 0.323 e. The quantitative estimate of drug-likeness (QED) is 0.539. The van der Waals surface area contributed by atoms with Gasteiger partial charge >= 0.3 is 6.03 Å². The molecule has 4 rings (SSSR count). The molecule has 0 radical (unpaired) electrons. The second-order valence-electron chi connectivity index (χ2n) is 7.44. The lowest BCUT2D eigenvalue weighted by Gasteiger charge is -2.25. The molecule has 2 amide bonds. The molecule has 1 N–H and O–H groups in total. The van der Waals surface area contributed by atoms with Crippen LogP contribution >= 0.6 is 11.8 Å². The third-order valence-electron chi connectivity index (χ3n) is 5.41. The number of urea groups is 1. The number of amides is 2. The summed E-state index contributed by atoms with van der Waals surface area (Å²) in [5.41, 5.74) is 5.41. The van der Waals surface area contributed by atoms with Crippen molar-refractivity contribution in [3.63, 3.8) is 0 Å². The number of benzene rings is 3. The van der Waals surface area contributed by atoms with Crippen molar-refractivity contribution >= 4 is 23.5 Å². The predicted octanol–water partition coefficient (Wildman–Crippen LogP) is 6.16. The van der Waals surface area contributed by atoms with Crippen LogP contribution in [0.5, 0.6) is 5.75 Å². The zero-order valence-corrected chi connectivity index (χ0v) is 18.1. The summed E-state index contributed by atoms with van der Waals surface area (Å²) in [6.45, 7) is 5.37. The first-order valence-corrected chi connectivity index (χ1v) is 11.2. The summed E-state index contributed by atoms with van der Waals surface area (Å²) in [4.78, 5) is 14.9. The van der Waals surface area contributed by atoms with E-state index in [0.717, 1.165) is 40.4 Å². The molecule has 5 heteroatoms. The number of ether oxygens (including phenoxy) is 1. The van der Waals surface area contributed by atoms with Crippen LogP contribution in [0.3, 0.4) is 0 Å². The largest absolute Gasteiger partial charge is 0.489 e. The van der Waals surface area contributed by atoms with Gasteiger partial charge in [-0.2, -0.15) is 0 Å². The van der Waals surface area contributed by atoms with E-state index in [1.807, 2.05) is 54.3 Å². The Morgan fingerprint density at radius 1 is 1.03 bits per heavy atom. The zero-order chi connectivity index (χ0) is 20.9. The second-order valence-corrected chi connectivity index (χ2v) is 8.63. The van der Waals surface area contributed by atoms with Gasteiger partial charge in [-0.1, -0.05) is 54.6 Å². The standard InChI is InChI=1S/C25H26N2O2S/c1-18-7-6-10-23(19(18)2)26-25(28)27-15-16-30-24(27)21-11-13-22(14-12-21)29-17-20-8-4-3-5-9-20/h3-14,24H,15-17H2,1-2H3,(H,26,28)/t24-/m0/s1. The average molecular weight is 419 g/mol. The van der Waals surface area contributed by atoms with Crippen molar-refractivity contribution in [1.29, 1.82) is 0 Å². The minimum atomic E-state index is -0.0527. The van der Waals surface area contributed by atoms with E-state index in [9.17, 15) is 4.79 Å². The third kappa shape index (κ3) is 4.62. The van der Waals surface area contributed by atoms with Crippen molar-refractivity contribution in [3.8, 4) is 5.75 Å². The number of anilines is 1. The van der Waals surface area contributed by atoms with Gasteiger partial charge in [0.1, 0.15) is 17.7 Å². The number of hydrogen-bond donors (Lipinski definition) is 1. The summed E-state index contributed by atoms with van der Waals surface area (Å²) < 4.78 is 5.89. The minimum Gasteiger partial charge on any atom is -0.489 e. The van der Waals surface area contributed by atoms with Crippen LogP contribution in [0.1, 0.15) is 27.6 Å². The Balaban J connectivity index is 1.41. The topological polar surface area (TPSA) is 41.6 Å². The van der Waals surface area contributed by atoms with Crippen LogP contribution in [0.4, 0.5) is 10.5 Å². The van der Waals surface area contributed by atoms with E-state index in [1.165, 1.54) is 5.56 Å². The highest BCUT2D eigenvalue weighted by atomic mass is 32.2. The van der Waals surface area contributed by atoms with Crippen LogP contribution in [0.25, 0.3) is 0 Å². The zero-order valence-electron chi connectivity index (χ0n) is 17.3. The molecule has 1 fully saturated rings. The first kappa shape index (κ1) is 20.4. The summed E-state index contributed by atoms with van der Waals surface area (Å²) in [5.74, 6) is 1.76. The van der Waals surface area contributed by atoms with E-state index in [0.29, 0.717) is 6.61 Å². The summed E-state index contributed by atoms with van der Waals surface area (Å²) in [5, 5.41) is 3.10. The second kappa shape index (κ2) is 9.26. The molecule has 0 saturated carbocycles. The lowest BCUT2D eigenvalue weighted by atomic mass is 10.1. The predicted molar refractivity (Wildman–Crippen MR) is 124 cm³/mol. The van der Waals surface area contributed by atoms with Crippen molar-refractivity contribution in [2.45, 2.75) is 25.8 Å². The highest BCUT2D eigenvalue weighted by Crippen LogP contribution is 2.39. The van der Waals surface area contributed by atoms with Gasteiger partial charge in [0, 0.05) is 18.0 Å². The van der Waals surface area contributed by atoms with Gasteiger partial charge in [0.05, 0.1) is 0 Å². The normalized spacial score (nSPS) is 15.8. The number of rotatable bonds is 5. The molecule has 0 unspecified atom stereocenters. The Kier molecular flexibility index (Phi) is 6.29. The monoisotopic (exact) mass is 418 g/mol. The molecule has 1 atom stereocenters. The van der Waals surface area contributed by atoms with E-state index in [1.54, 1.807) is 11.8 Å². The molecule has 154 valence electrons. The van der Waals surface area contributed by atoms with Gasteiger partial charge in [0.2, 0.25) is 0 Å². The third-order valence-corrected chi connectivity index (χ3v) is 6.67. The maximum absolute atomic E-state index is 13.0. The van der Waals surface area contributed by atoms with Crippen LogP contribution in [0.2, 0.25) is 0 Å².